The third kappa shape index (κ3) is 15.2. The summed E-state index contributed by atoms with van der Waals surface area (Å²) in [4.78, 5) is 5.01. The van der Waals surface area contributed by atoms with E-state index in [0.717, 1.165) is 91.4 Å². The van der Waals surface area contributed by atoms with Crippen LogP contribution in [0, 0.1) is 0 Å². The quantitative estimate of drug-likeness (QED) is 0.241. The summed E-state index contributed by atoms with van der Waals surface area (Å²) in [6.07, 6.45) is 5.52. The molecule has 0 aliphatic carbocycles. The molecule has 2 aliphatic heterocycles. The van der Waals surface area contributed by atoms with E-state index >= 15 is 0 Å². The molecule has 0 aromatic heterocycles. The van der Waals surface area contributed by atoms with E-state index in [1.165, 1.54) is 0 Å². The normalized spacial score (nSPS) is 25.9. The zero-order valence-electron chi connectivity index (χ0n) is 24.1. The van der Waals surface area contributed by atoms with E-state index in [1.807, 2.05) is 13.8 Å². The molecule has 36 heavy (non-hydrogen) atoms. The van der Waals surface area contributed by atoms with E-state index in [-0.39, 0.29) is 30.5 Å². The van der Waals surface area contributed by atoms with Gasteiger partial charge in [0, 0.05) is 65.5 Å². The lowest BCUT2D eigenvalue weighted by Gasteiger charge is -2.37. The molecular formula is C28H56N2O6. The summed E-state index contributed by atoms with van der Waals surface area (Å²) >= 11 is 0. The summed E-state index contributed by atoms with van der Waals surface area (Å²) in [6.45, 7) is 23.4. The number of hydrogen-bond donors (Lipinski definition) is 0. The lowest BCUT2D eigenvalue weighted by molar-refractivity contribution is -0.0987. The molecule has 2 heterocycles. The molecule has 2 aliphatic rings. The van der Waals surface area contributed by atoms with Gasteiger partial charge in [-0.1, -0.05) is 0 Å². The number of ether oxygens (including phenoxy) is 6. The van der Waals surface area contributed by atoms with Crippen LogP contribution >= 0.6 is 0 Å². The van der Waals surface area contributed by atoms with Gasteiger partial charge in [-0.15, -0.1) is 0 Å². The summed E-state index contributed by atoms with van der Waals surface area (Å²) in [5.41, 5.74) is 0. The first kappa shape index (κ1) is 31.9. The fraction of sp³-hybridized carbons (Fsp3) is 1.00. The fourth-order valence-corrected chi connectivity index (χ4v) is 4.91. The van der Waals surface area contributed by atoms with Gasteiger partial charge in [-0.2, -0.15) is 0 Å². The Hall–Kier alpha value is -0.320. The molecule has 2 saturated heterocycles. The molecule has 2 rings (SSSR count). The van der Waals surface area contributed by atoms with E-state index in [9.17, 15) is 0 Å². The monoisotopic (exact) mass is 516 g/mol. The van der Waals surface area contributed by atoms with Crippen LogP contribution in [-0.2, 0) is 28.4 Å². The first-order valence-electron chi connectivity index (χ1n) is 14.5. The second-order valence-corrected chi connectivity index (χ2v) is 10.9. The number of morpholine rings is 2. The third-order valence-electron chi connectivity index (χ3n) is 6.71. The Balaban J connectivity index is 1.50. The highest BCUT2D eigenvalue weighted by atomic mass is 16.5. The maximum Gasteiger partial charge on any atom is 0.0730 e. The molecule has 0 saturated carbocycles. The van der Waals surface area contributed by atoms with Crippen LogP contribution in [0.25, 0.3) is 0 Å². The highest BCUT2D eigenvalue weighted by Gasteiger charge is 2.26. The van der Waals surface area contributed by atoms with Gasteiger partial charge in [0.2, 0.25) is 0 Å². The Morgan fingerprint density at radius 1 is 0.750 bits per heavy atom. The predicted molar refractivity (Wildman–Crippen MR) is 144 cm³/mol. The van der Waals surface area contributed by atoms with Crippen LogP contribution in [0.3, 0.4) is 0 Å². The number of hydrogen-bond acceptors (Lipinski definition) is 8. The maximum atomic E-state index is 6.23. The minimum absolute atomic E-state index is 0.217. The molecule has 0 aromatic carbocycles. The molecule has 0 N–H and O–H groups in total. The van der Waals surface area contributed by atoms with Gasteiger partial charge in [-0.25, -0.2) is 0 Å². The predicted octanol–water partition coefficient (Wildman–Crippen LogP) is 3.61. The Morgan fingerprint density at radius 2 is 1.44 bits per heavy atom. The van der Waals surface area contributed by atoms with Crippen molar-refractivity contribution in [3.63, 3.8) is 0 Å². The molecular weight excluding hydrogens is 460 g/mol. The number of rotatable bonds is 19. The number of nitrogens with zero attached hydrogens (tertiary/aromatic N) is 2. The second kappa shape index (κ2) is 18.9. The zero-order chi connectivity index (χ0) is 26.2. The van der Waals surface area contributed by atoms with Crippen molar-refractivity contribution in [2.24, 2.45) is 0 Å². The lowest BCUT2D eigenvalue weighted by atomic mass is 10.1. The van der Waals surface area contributed by atoms with Gasteiger partial charge in [0.1, 0.15) is 0 Å². The molecule has 8 nitrogen and oxygen atoms in total. The Labute approximate surface area is 221 Å². The summed E-state index contributed by atoms with van der Waals surface area (Å²) in [5.74, 6) is 0. The fourth-order valence-electron chi connectivity index (χ4n) is 4.91. The van der Waals surface area contributed by atoms with E-state index in [1.54, 1.807) is 0 Å². The van der Waals surface area contributed by atoms with Gasteiger partial charge in [0.05, 0.1) is 56.4 Å². The van der Waals surface area contributed by atoms with Gasteiger partial charge in [-0.05, 0) is 60.8 Å². The van der Waals surface area contributed by atoms with Crippen molar-refractivity contribution in [3.05, 3.63) is 0 Å². The van der Waals surface area contributed by atoms with E-state index in [2.05, 4.69) is 37.5 Å². The van der Waals surface area contributed by atoms with Crippen LogP contribution in [0.5, 0.6) is 0 Å². The molecule has 2 fully saturated rings. The highest BCUT2D eigenvalue weighted by Crippen LogP contribution is 2.17. The van der Waals surface area contributed by atoms with Gasteiger partial charge in [0.15, 0.2) is 0 Å². The largest absolute Gasteiger partial charge is 0.379 e. The first-order chi connectivity index (χ1) is 17.3. The minimum atomic E-state index is 0.217. The lowest BCUT2D eigenvalue weighted by Crippen LogP contribution is -2.48. The van der Waals surface area contributed by atoms with Crippen LogP contribution in [0.15, 0.2) is 0 Å². The summed E-state index contributed by atoms with van der Waals surface area (Å²) in [7, 11) is 0. The Morgan fingerprint density at radius 3 is 2.17 bits per heavy atom. The molecule has 0 amide bonds. The maximum absolute atomic E-state index is 6.23. The van der Waals surface area contributed by atoms with Gasteiger partial charge in [0.25, 0.3) is 0 Å². The molecule has 0 aromatic rings. The summed E-state index contributed by atoms with van der Waals surface area (Å²) in [5, 5.41) is 0. The summed E-state index contributed by atoms with van der Waals surface area (Å²) < 4.78 is 35.1. The SMILES string of the molecule is CC(C)OCCOCCC(C)OCCCN1CC(C)OC(CC(C)OCCCN2CCO[C@H](C)C2)C1. The van der Waals surface area contributed by atoms with E-state index in [4.69, 9.17) is 28.4 Å². The van der Waals surface area contributed by atoms with Crippen LogP contribution in [-0.4, -0.2) is 125 Å². The van der Waals surface area contributed by atoms with Crippen molar-refractivity contribution in [2.75, 3.05) is 78.9 Å². The average molecular weight is 517 g/mol. The van der Waals surface area contributed by atoms with Crippen molar-refractivity contribution in [2.45, 2.75) is 104 Å². The summed E-state index contributed by atoms with van der Waals surface area (Å²) in [6, 6.07) is 0. The molecule has 0 spiro atoms. The van der Waals surface area contributed by atoms with Crippen LogP contribution < -0.4 is 0 Å². The average Bonchev–Trinajstić information content (AvgIpc) is 2.81. The third-order valence-corrected chi connectivity index (χ3v) is 6.71. The Bertz CT molecular complexity index is 540. The molecule has 4 unspecified atom stereocenters. The molecule has 214 valence electrons. The second-order valence-electron chi connectivity index (χ2n) is 10.9. The topological polar surface area (TPSA) is 61.9 Å². The van der Waals surface area contributed by atoms with Crippen LogP contribution in [0.1, 0.15) is 67.2 Å². The molecule has 5 atom stereocenters. The zero-order valence-corrected chi connectivity index (χ0v) is 24.1. The first-order valence-corrected chi connectivity index (χ1v) is 14.5. The van der Waals surface area contributed by atoms with Crippen molar-refractivity contribution in [1.82, 2.24) is 9.80 Å². The smallest absolute Gasteiger partial charge is 0.0730 e. The van der Waals surface area contributed by atoms with Gasteiger partial charge in [-0.3, -0.25) is 9.80 Å². The van der Waals surface area contributed by atoms with Gasteiger partial charge >= 0.3 is 0 Å². The highest BCUT2D eigenvalue weighted by molar-refractivity contribution is 4.77. The van der Waals surface area contributed by atoms with Crippen LogP contribution in [0.2, 0.25) is 0 Å². The molecule has 0 bridgehead atoms. The molecule has 0 radical (unpaired) electrons. The Kier molecular flexibility index (Phi) is 16.7. The standard InChI is InChI=1S/C28H56N2O6/c1-23(2)32-18-17-31-15-9-24(3)33-13-8-11-30-21-27(6)36-28(22-30)19-25(4)34-14-7-10-29-12-16-35-26(5)20-29/h23-28H,7-22H2,1-6H3/t24?,25?,26-,27?,28?/m1/s1. The van der Waals surface area contributed by atoms with Gasteiger partial charge < -0.3 is 28.4 Å². The van der Waals surface area contributed by atoms with Crippen molar-refractivity contribution >= 4 is 0 Å². The molecule has 8 heteroatoms. The minimum Gasteiger partial charge on any atom is -0.379 e. The van der Waals surface area contributed by atoms with Crippen molar-refractivity contribution < 1.29 is 28.4 Å². The van der Waals surface area contributed by atoms with E-state index in [0.29, 0.717) is 19.3 Å². The van der Waals surface area contributed by atoms with Crippen LogP contribution in [0.4, 0.5) is 0 Å². The van der Waals surface area contributed by atoms with E-state index < -0.39 is 0 Å². The van der Waals surface area contributed by atoms with Crippen molar-refractivity contribution in [3.8, 4) is 0 Å². The van der Waals surface area contributed by atoms with Crippen molar-refractivity contribution in [1.29, 1.82) is 0 Å².